The second-order valence-electron chi connectivity index (χ2n) is 5.76. The van der Waals surface area contributed by atoms with E-state index in [4.69, 9.17) is 0 Å². The average Bonchev–Trinajstić information content (AvgIpc) is 2.62. The molecule has 1 amide bonds. The second kappa shape index (κ2) is 6.10. The third-order valence-electron chi connectivity index (χ3n) is 4.52. The highest BCUT2D eigenvalue weighted by atomic mass is 16.1. The number of nitrogens with one attached hydrogen (secondary N) is 1. The van der Waals surface area contributed by atoms with Gasteiger partial charge in [0.25, 0.3) is 5.91 Å². The molecule has 1 heterocycles. The molecule has 23 heavy (non-hydrogen) atoms. The molecule has 2 aromatic rings. The maximum atomic E-state index is 12.6. The van der Waals surface area contributed by atoms with Crippen LogP contribution in [0.5, 0.6) is 0 Å². The van der Waals surface area contributed by atoms with Crippen LogP contribution in [-0.4, -0.2) is 5.91 Å². The van der Waals surface area contributed by atoms with Gasteiger partial charge in [0, 0.05) is 6.42 Å². The third-order valence-corrected chi connectivity index (χ3v) is 4.52. The van der Waals surface area contributed by atoms with Gasteiger partial charge in [-0.25, -0.2) is 0 Å². The van der Waals surface area contributed by atoms with Crippen molar-refractivity contribution in [1.29, 1.82) is 5.26 Å². The first-order chi connectivity index (χ1) is 11.2. The van der Waals surface area contributed by atoms with Gasteiger partial charge < -0.3 is 5.32 Å². The summed E-state index contributed by atoms with van der Waals surface area (Å²) in [6.07, 6.45) is 1.38. The molecule has 1 atom stereocenters. The molecular weight excluding hydrogens is 284 g/mol. The highest BCUT2D eigenvalue weighted by Crippen LogP contribution is 2.40. The minimum atomic E-state index is -0.468. The lowest BCUT2D eigenvalue weighted by Gasteiger charge is -2.39. The van der Waals surface area contributed by atoms with Crippen molar-refractivity contribution in [3.05, 3.63) is 77.4 Å². The standard InChI is InChI=1S/C20H18N2O/c1-2-20(16-11-7-4-8-12-16)13-17(15-9-5-3-6-10-15)18(14-21)19(23)22-20/h3-12H,2,13H2,1H3,(H,22,23). The molecule has 0 spiro atoms. The Morgan fingerprint density at radius 2 is 1.70 bits per heavy atom. The van der Waals surface area contributed by atoms with Crippen molar-refractivity contribution in [2.24, 2.45) is 0 Å². The molecule has 0 radical (unpaired) electrons. The van der Waals surface area contributed by atoms with Gasteiger partial charge in [-0.05, 0) is 23.1 Å². The number of hydrogen-bond acceptors (Lipinski definition) is 2. The lowest BCUT2D eigenvalue weighted by molar-refractivity contribution is -0.119. The molecular formula is C20H18N2O. The fraction of sp³-hybridized carbons (Fsp3) is 0.200. The molecule has 114 valence electrons. The number of benzene rings is 2. The van der Waals surface area contributed by atoms with Crippen LogP contribution >= 0.6 is 0 Å². The molecule has 2 aromatic carbocycles. The van der Waals surface area contributed by atoms with Gasteiger partial charge in [0.2, 0.25) is 0 Å². The first kappa shape index (κ1) is 15.1. The van der Waals surface area contributed by atoms with Crippen LogP contribution in [0.4, 0.5) is 0 Å². The summed E-state index contributed by atoms with van der Waals surface area (Å²) >= 11 is 0. The Labute approximate surface area is 136 Å². The molecule has 0 aromatic heterocycles. The highest BCUT2D eigenvalue weighted by Gasteiger charge is 2.39. The second-order valence-corrected chi connectivity index (χ2v) is 5.76. The minimum Gasteiger partial charge on any atom is -0.342 e. The van der Waals surface area contributed by atoms with Gasteiger partial charge >= 0.3 is 0 Å². The zero-order chi connectivity index (χ0) is 16.3. The van der Waals surface area contributed by atoms with Crippen molar-refractivity contribution in [2.45, 2.75) is 25.3 Å². The van der Waals surface area contributed by atoms with E-state index in [0.29, 0.717) is 6.42 Å². The van der Waals surface area contributed by atoms with Crippen LogP contribution in [0.1, 0.15) is 30.9 Å². The number of hydrogen-bond donors (Lipinski definition) is 1. The molecule has 1 aliphatic rings. The van der Waals surface area contributed by atoms with Gasteiger partial charge in [-0.3, -0.25) is 4.79 Å². The highest BCUT2D eigenvalue weighted by molar-refractivity contribution is 6.07. The average molecular weight is 302 g/mol. The van der Waals surface area contributed by atoms with E-state index in [1.54, 1.807) is 0 Å². The molecule has 0 aliphatic carbocycles. The lowest BCUT2D eigenvalue weighted by Crippen LogP contribution is -2.49. The van der Waals surface area contributed by atoms with Gasteiger partial charge in [-0.2, -0.15) is 5.26 Å². The number of nitrogens with zero attached hydrogens (tertiary/aromatic N) is 1. The summed E-state index contributed by atoms with van der Waals surface area (Å²) in [7, 11) is 0. The van der Waals surface area contributed by atoms with E-state index >= 15 is 0 Å². The summed E-state index contributed by atoms with van der Waals surface area (Å²) in [5.74, 6) is -0.289. The van der Waals surface area contributed by atoms with E-state index in [2.05, 4.69) is 18.3 Å². The number of carbonyl (C=O) groups excluding carboxylic acids is 1. The molecule has 3 heteroatoms. The molecule has 1 unspecified atom stereocenters. The summed E-state index contributed by atoms with van der Waals surface area (Å²) in [5.41, 5.74) is 2.58. The Hall–Kier alpha value is -2.86. The van der Waals surface area contributed by atoms with Gasteiger partial charge in [0.15, 0.2) is 0 Å². The van der Waals surface area contributed by atoms with Crippen LogP contribution in [0.2, 0.25) is 0 Å². The van der Waals surface area contributed by atoms with E-state index in [9.17, 15) is 10.1 Å². The fourth-order valence-electron chi connectivity index (χ4n) is 3.20. The minimum absolute atomic E-state index is 0.219. The Kier molecular flexibility index (Phi) is 3.99. The molecule has 3 rings (SSSR count). The third kappa shape index (κ3) is 2.64. The number of rotatable bonds is 3. The van der Waals surface area contributed by atoms with Crippen molar-refractivity contribution >= 4 is 11.5 Å². The zero-order valence-corrected chi connectivity index (χ0v) is 13.0. The first-order valence-electron chi connectivity index (χ1n) is 7.77. The summed E-state index contributed by atoms with van der Waals surface area (Å²) < 4.78 is 0. The maximum Gasteiger partial charge on any atom is 0.262 e. The van der Waals surface area contributed by atoms with Crippen molar-refractivity contribution < 1.29 is 4.79 Å². The number of nitriles is 1. The molecule has 3 nitrogen and oxygen atoms in total. The molecule has 1 N–H and O–H groups in total. The van der Waals surface area contributed by atoms with Crippen LogP contribution < -0.4 is 5.32 Å². The predicted molar refractivity (Wildman–Crippen MR) is 90.1 cm³/mol. The monoisotopic (exact) mass is 302 g/mol. The Bertz CT molecular complexity index is 787. The van der Waals surface area contributed by atoms with Crippen molar-refractivity contribution in [3.63, 3.8) is 0 Å². The van der Waals surface area contributed by atoms with Crippen LogP contribution in [0.15, 0.2) is 66.2 Å². The Balaban J connectivity index is 2.14. The number of amides is 1. The Morgan fingerprint density at radius 1 is 1.09 bits per heavy atom. The zero-order valence-electron chi connectivity index (χ0n) is 13.0. The fourth-order valence-corrected chi connectivity index (χ4v) is 3.20. The summed E-state index contributed by atoms with van der Waals surface area (Å²) in [5, 5.41) is 12.5. The molecule has 1 aliphatic heterocycles. The van der Waals surface area contributed by atoms with E-state index < -0.39 is 5.54 Å². The quantitative estimate of drug-likeness (QED) is 0.938. The summed E-state index contributed by atoms with van der Waals surface area (Å²) in [6.45, 7) is 2.06. The van der Waals surface area contributed by atoms with Crippen LogP contribution in [0.3, 0.4) is 0 Å². The topological polar surface area (TPSA) is 52.9 Å². The van der Waals surface area contributed by atoms with E-state index in [1.165, 1.54) is 0 Å². The van der Waals surface area contributed by atoms with Gasteiger partial charge in [-0.15, -0.1) is 0 Å². The SMILES string of the molecule is CCC1(c2ccccc2)CC(c2ccccc2)=C(C#N)C(=O)N1. The first-order valence-corrected chi connectivity index (χ1v) is 7.77. The van der Waals surface area contributed by atoms with Crippen molar-refractivity contribution in [2.75, 3.05) is 0 Å². The van der Waals surface area contributed by atoms with E-state index in [1.807, 2.05) is 60.7 Å². The lowest BCUT2D eigenvalue weighted by atomic mass is 9.76. The van der Waals surface area contributed by atoms with Crippen molar-refractivity contribution in [3.8, 4) is 6.07 Å². The van der Waals surface area contributed by atoms with Gasteiger partial charge in [0.1, 0.15) is 11.6 Å². The van der Waals surface area contributed by atoms with Crippen LogP contribution in [-0.2, 0) is 10.3 Å². The molecule has 0 fully saturated rings. The van der Waals surface area contributed by atoms with Crippen LogP contribution in [0.25, 0.3) is 5.57 Å². The summed E-state index contributed by atoms with van der Waals surface area (Å²) in [4.78, 5) is 12.6. The van der Waals surface area contributed by atoms with Gasteiger partial charge in [-0.1, -0.05) is 67.6 Å². The van der Waals surface area contributed by atoms with Crippen LogP contribution in [0, 0.1) is 11.3 Å². The largest absolute Gasteiger partial charge is 0.342 e. The normalized spacial score (nSPS) is 20.8. The molecule has 0 saturated heterocycles. The van der Waals surface area contributed by atoms with Gasteiger partial charge in [0.05, 0.1) is 5.54 Å². The maximum absolute atomic E-state index is 12.6. The number of carbonyl (C=O) groups is 1. The van der Waals surface area contributed by atoms with E-state index in [-0.39, 0.29) is 11.5 Å². The smallest absolute Gasteiger partial charge is 0.262 e. The predicted octanol–water partition coefficient (Wildman–Crippen LogP) is 3.79. The Morgan fingerprint density at radius 3 is 2.26 bits per heavy atom. The molecule has 0 bridgehead atoms. The molecule has 0 saturated carbocycles. The van der Waals surface area contributed by atoms with E-state index in [0.717, 1.165) is 23.1 Å². The van der Waals surface area contributed by atoms with Crippen molar-refractivity contribution in [1.82, 2.24) is 5.32 Å². The summed E-state index contributed by atoms with van der Waals surface area (Å²) in [6, 6.07) is 21.8.